The van der Waals surface area contributed by atoms with E-state index in [2.05, 4.69) is 13.8 Å². The first-order valence-electron chi connectivity index (χ1n) is 18.6. The Bertz CT molecular complexity index is 783. The molecule has 0 aromatic heterocycles. The van der Waals surface area contributed by atoms with Gasteiger partial charge in [-0.2, -0.15) is 0 Å². The molecule has 1 unspecified atom stereocenters. The fourth-order valence-electron chi connectivity index (χ4n) is 4.96. The van der Waals surface area contributed by atoms with E-state index in [1.807, 2.05) is 20.8 Å². The highest BCUT2D eigenvalue weighted by molar-refractivity contribution is 6.17. The summed E-state index contributed by atoms with van der Waals surface area (Å²) in [5.41, 5.74) is -2.11. The lowest BCUT2D eigenvalue weighted by atomic mass is 9.82. The Kier molecular flexibility index (Phi) is 28.5. The number of carbonyl (C=O) groups excluding carboxylic acids is 4. The molecule has 0 spiro atoms. The maximum absolute atomic E-state index is 13.5. The molecule has 0 fully saturated rings. The molecule has 0 aliphatic heterocycles. The van der Waals surface area contributed by atoms with E-state index in [-0.39, 0.29) is 26.2 Å². The second-order valence-corrected chi connectivity index (χ2v) is 12.8. The van der Waals surface area contributed by atoms with Gasteiger partial charge in [0.2, 0.25) is 0 Å². The molecule has 0 rings (SSSR count). The van der Waals surface area contributed by atoms with Gasteiger partial charge >= 0.3 is 24.1 Å². The molecule has 0 aliphatic carbocycles. The fourth-order valence-corrected chi connectivity index (χ4v) is 4.96. The number of hydrogen-bond acceptors (Lipinski definition) is 9. The Hall–Kier alpha value is -2.32. The van der Waals surface area contributed by atoms with Crippen molar-refractivity contribution in [1.82, 2.24) is 0 Å². The van der Waals surface area contributed by atoms with Crippen LogP contribution in [0.3, 0.4) is 0 Å². The molecule has 0 amide bonds. The van der Waals surface area contributed by atoms with Crippen molar-refractivity contribution in [3.8, 4) is 0 Å². The quantitative estimate of drug-likeness (QED) is 0.0311. The van der Waals surface area contributed by atoms with Crippen molar-refractivity contribution in [2.75, 3.05) is 33.0 Å². The predicted molar refractivity (Wildman–Crippen MR) is 181 cm³/mol. The molecular weight excluding hydrogens is 588 g/mol. The first kappa shape index (κ1) is 43.7. The van der Waals surface area contributed by atoms with E-state index >= 15 is 0 Å². The average molecular weight is 657 g/mol. The van der Waals surface area contributed by atoms with Crippen LogP contribution in [0.4, 0.5) is 4.79 Å². The first-order valence-corrected chi connectivity index (χ1v) is 18.6. The Balaban J connectivity index is 4.92. The van der Waals surface area contributed by atoms with Gasteiger partial charge in [-0.3, -0.25) is 14.4 Å². The number of carbonyl (C=O) groups is 4. The summed E-state index contributed by atoms with van der Waals surface area (Å²) < 4.78 is 26.9. The largest absolute Gasteiger partial charge is 0.508 e. The van der Waals surface area contributed by atoms with Gasteiger partial charge in [-0.05, 0) is 44.4 Å². The van der Waals surface area contributed by atoms with Crippen LogP contribution < -0.4 is 0 Å². The monoisotopic (exact) mass is 656 g/mol. The summed E-state index contributed by atoms with van der Waals surface area (Å²) in [5, 5.41) is 0. The lowest BCUT2D eigenvalue weighted by Crippen LogP contribution is -2.49. The van der Waals surface area contributed by atoms with Crippen LogP contribution in [-0.2, 0) is 38.1 Å². The van der Waals surface area contributed by atoms with Gasteiger partial charge in [-0.25, -0.2) is 4.79 Å². The normalized spacial score (nSPS) is 12.4. The highest BCUT2D eigenvalue weighted by Gasteiger charge is 2.57. The second-order valence-electron chi connectivity index (χ2n) is 12.8. The Labute approximate surface area is 280 Å². The molecule has 0 aromatic rings. The second kappa shape index (κ2) is 30.0. The SMILES string of the molecule is CCCCCCCCOC(=O)OCCCCCCCCC(C(=O)OCCCCC)(C(=O)OCCCCCC)C(=O)OCCC(C)C. The first-order chi connectivity index (χ1) is 22.3. The molecule has 46 heavy (non-hydrogen) atoms. The van der Waals surface area contributed by atoms with Crippen molar-refractivity contribution < 1.29 is 42.9 Å². The molecule has 0 saturated carbocycles. The summed E-state index contributed by atoms with van der Waals surface area (Å²) in [7, 11) is 0. The highest BCUT2D eigenvalue weighted by Crippen LogP contribution is 2.32. The van der Waals surface area contributed by atoms with Crippen LogP contribution in [0, 0.1) is 11.3 Å². The lowest BCUT2D eigenvalue weighted by Gasteiger charge is -2.28. The standard InChI is InChI=1S/C37H68O9/c1-6-9-12-14-18-23-29-45-36(41)46-30-24-19-16-15-17-20-26-37(33(38)42-27-21-11-8-3,35(40)44-31-25-32(4)5)34(39)43-28-22-13-10-7-2/h32H,6-31H2,1-5H3. The molecule has 0 heterocycles. The van der Waals surface area contributed by atoms with Crippen LogP contribution in [0.1, 0.15) is 169 Å². The molecule has 9 heteroatoms. The summed E-state index contributed by atoms with van der Waals surface area (Å²) >= 11 is 0. The molecule has 0 bridgehead atoms. The van der Waals surface area contributed by atoms with E-state index in [1.165, 1.54) is 25.7 Å². The highest BCUT2D eigenvalue weighted by atomic mass is 16.7. The number of rotatable bonds is 31. The van der Waals surface area contributed by atoms with E-state index in [4.69, 9.17) is 23.7 Å². The van der Waals surface area contributed by atoms with Gasteiger partial charge in [-0.1, -0.05) is 131 Å². The zero-order valence-electron chi connectivity index (χ0n) is 30.1. The van der Waals surface area contributed by atoms with Crippen molar-refractivity contribution in [2.24, 2.45) is 11.3 Å². The van der Waals surface area contributed by atoms with Crippen molar-refractivity contribution in [1.29, 1.82) is 0 Å². The number of unbranched alkanes of at least 4 members (excludes halogenated alkanes) is 15. The van der Waals surface area contributed by atoms with Gasteiger partial charge in [0.25, 0.3) is 5.41 Å². The average Bonchev–Trinajstić information content (AvgIpc) is 3.03. The summed E-state index contributed by atoms with van der Waals surface area (Å²) in [4.78, 5) is 52.3. The minimum atomic E-state index is -2.11. The zero-order valence-corrected chi connectivity index (χ0v) is 30.1. The third-order valence-electron chi connectivity index (χ3n) is 8.07. The van der Waals surface area contributed by atoms with Crippen LogP contribution in [0.5, 0.6) is 0 Å². The van der Waals surface area contributed by atoms with Gasteiger partial charge in [0, 0.05) is 0 Å². The summed E-state index contributed by atoms with van der Waals surface area (Å²) in [5.74, 6) is -2.29. The third-order valence-corrected chi connectivity index (χ3v) is 8.07. The number of ether oxygens (including phenoxy) is 5. The van der Waals surface area contributed by atoms with Crippen LogP contribution in [0.2, 0.25) is 0 Å². The van der Waals surface area contributed by atoms with E-state index < -0.39 is 29.5 Å². The van der Waals surface area contributed by atoms with Gasteiger partial charge in [0.05, 0.1) is 33.0 Å². The van der Waals surface area contributed by atoms with E-state index in [9.17, 15) is 19.2 Å². The van der Waals surface area contributed by atoms with Crippen LogP contribution in [-0.4, -0.2) is 57.1 Å². The fraction of sp³-hybridized carbons (Fsp3) is 0.892. The van der Waals surface area contributed by atoms with E-state index in [0.717, 1.165) is 77.0 Å². The summed E-state index contributed by atoms with van der Waals surface area (Å²) in [6.07, 6.45) is 17.4. The number of esters is 3. The Morgan fingerprint density at radius 2 is 0.761 bits per heavy atom. The molecule has 0 aliphatic rings. The molecule has 0 N–H and O–H groups in total. The lowest BCUT2D eigenvalue weighted by molar-refractivity contribution is -0.185. The smallest absolute Gasteiger partial charge is 0.464 e. The molecule has 0 saturated heterocycles. The summed E-state index contributed by atoms with van der Waals surface area (Å²) in [6.45, 7) is 11.5. The Morgan fingerprint density at radius 1 is 0.435 bits per heavy atom. The van der Waals surface area contributed by atoms with Gasteiger partial charge in [0.15, 0.2) is 0 Å². The predicted octanol–water partition coefficient (Wildman–Crippen LogP) is 9.66. The third kappa shape index (κ3) is 21.5. The molecule has 9 nitrogen and oxygen atoms in total. The minimum Gasteiger partial charge on any atom is -0.464 e. The molecule has 0 aromatic carbocycles. The minimum absolute atomic E-state index is 0.0124. The maximum atomic E-state index is 13.5. The van der Waals surface area contributed by atoms with Gasteiger partial charge < -0.3 is 23.7 Å². The summed E-state index contributed by atoms with van der Waals surface area (Å²) in [6, 6.07) is 0. The van der Waals surface area contributed by atoms with Crippen molar-refractivity contribution in [3.05, 3.63) is 0 Å². The maximum Gasteiger partial charge on any atom is 0.508 e. The van der Waals surface area contributed by atoms with Crippen LogP contribution in [0.15, 0.2) is 0 Å². The number of hydrogen-bond donors (Lipinski definition) is 0. The molecular formula is C37H68O9. The molecule has 270 valence electrons. The van der Waals surface area contributed by atoms with Gasteiger partial charge in [0.1, 0.15) is 0 Å². The van der Waals surface area contributed by atoms with Gasteiger partial charge in [-0.15, -0.1) is 0 Å². The van der Waals surface area contributed by atoms with Crippen molar-refractivity contribution >= 4 is 24.1 Å². The Morgan fingerprint density at radius 3 is 1.22 bits per heavy atom. The van der Waals surface area contributed by atoms with E-state index in [1.54, 1.807) is 0 Å². The molecule has 1 atom stereocenters. The molecule has 0 radical (unpaired) electrons. The van der Waals surface area contributed by atoms with Crippen LogP contribution in [0.25, 0.3) is 0 Å². The van der Waals surface area contributed by atoms with E-state index in [0.29, 0.717) is 44.8 Å². The van der Waals surface area contributed by atoms with Crippen LogP contribution >= 0.6 is 0 Å². The van der Waals surface area contributed by atoms with Crippen molar-refractivity contribution in [3.63, 3.8) is 0 Å². The van der Waals surface area contributed by atoms with Crippen molar-refractivity contribution in [2.45, 2.75) is 169 Å². The zero-order chi connectivity index (χ0) is 34.3. The topological polar surface area (TPSA) is 114 Å².